The molecule has 2 bridgehead atoms. The summed E-state index contributed by atoms with van der Waals surface area (Å²) in [4.78, 5) is 0. The van der Waals surface area contributed by atoms with E-state index in [1.54, 1.807) is 11.1 Å². The van der Waals surface area contributed by atoms with Crippen molar-refractivity contribution in [2.75, 3.05) is 6.54 Å². The molecule has 1 aliphatic heterocycles. The molecule has 1 aromatic carbocycles. The Morgan fingerprint density at radius 1 is 1.08 bits per heavy atom. The van der Waals surface area contributed by atoms with Crippen molar-refractivity contribution in [2.45, 2.75) is 88.7 Å². The van der Waals surface area contributed by atoms with Gasteiger partial charge in [-0.25, -0.2) is 0 Å². The predicted octanol–water partition coefficient (Wildman–Crippen LogP) is 4.99. The quantitative estimate of drug-likeness (QED) is 0.837. The molecule has 4 aliphatic rings. The van der Waals surface area contributed by atoms with E-state index in [4.69, 9.17) is 4.74 Å². The van der Waals surface area contributed by atoms with Gasteiger partial charge in [0.15, 0.2) is 0 Å². The molecule has 25 heavy (non-hydrogen) atoms. The third-order valence-corrected chi connectivity index (χ3v) is 8.00. The summed E-state index contributed by atoms with van der Waals surface area (Å²) in [7, 11) is 0. The Bertz CT molecular complexity index is 631. The summed E-state index contributed by atoms with van der Waals surface area (Å²) in [6.07, 6.45) is 14.0. The van der Waals surface area contributed by atoms with Crippen molar-refractivity contribution >= 4 is 0 Å². The van der Waals surface area contributed by atoms with Crippen molar-refractivity contribution in [3.63, 3.8) is 0 Å². The Kier molecular flexibility index (Phi) is 4.08. The second-order valence-electron chi connectivity index (χ2n) is 9.21. The van der Waals surface area contributed by atoms with Crippen LogP contribution in [0.5, 0.6) is 5.75 Å². The van der Waals surface area contributed by atoms with Crippen LogP contribution in [0.15, 0.2) is 18.2 Å². The van der Waals surface area contributed by atoms with Gasteiger partial charge in [-0.2, -0.15) is 0 Å². The first-order valence-electron chi connectivity index (χ1n) is 10.8. The number of fused-ring (bicyclic) bond motifs is 1. The predicted molar refractivity (Wildman–Crippen MR) is 102 cm³/mol. The maximum atomic E-state index is 6.46. The first-order chi connectivity index (χ1) is 12.3. The molecule has 1 N–H and O–H groups in total. The second-order valence-corrected chi connectivity index (χ2v) is 9.21. The number of hydrogen-bond donors (Lipinski definition) is 1. The van der Waals surface area contributed by atoms with E-state index in [0.717, 1.165) is 17.6 Å². The highest BCUT2D eigenvalue weighted by atomic mass is 16.5. The standard InChI is InChI=1S/C23H33NO/c1-16(17-6-2-3-7-17)25-19-10-9-18-14-22-20-8-4-5-11-23(20,12-13-24-22)21(18)15-19/h9-10,15-17,20,22,24H,2-8,11-14H2,1H3/t16?,20-,22+,23+/m0/s1. The molecular formula is C23H33NO. The maximum absolute atomic E-state index is 6.46. The minimum Gasteiger partial charge on any atom is -0.490 e. The minimum absolute atomic E-state index is 0.365. The summed E-state index contributed by atoms with van der Waals surface area (Å²) in [5, 5.41) is 3.84. The van der Waals surface area contributed by atoms with Gasteiger partial charge in [-0.1, -0.05) is 31.7 Å². The van der Waals surface area contributed by atoms with Crippen LogP contribution in [0.4, 0.5) is 0 Å². The van der Waals surface area contributed by atoms with E-state index in [9.17, 15) is 0 Å². The number of hydrogen-bond acceptors (Lipinski definition) is 2. The van der Waals surface area contributed by atoms with E-state index in [1.165, 1.54) is 70.8 Å². The molecule has 1 heterocycles. The zero-order valence-corrected chi connectivity index (χ0v) is 15.7. The molecule has 136 valence electrons. The molecule has 3 aliphatic carbocycles. The molecule has 0 spiro atoms. The molecular weight excluding hydrogens is 306 g/mol. The molecule has 0 aromatic heterocycles. The fraction of sp³-hybridized carbons (Fsp3) is 0.739. The normalized spacial score (nSPS) is 35.7. The van der Waals surface area contributed by atoms with E-state index in [0.29, 0.717) is 17.6 Å². The first kappa shape index (κ1) is 16.2. The Balaban J connectivity index is 1.46. The van der Waals surface area contributed by atoms with Gasteiger partial charge in [0.2, 0.25) is 0 Å². The van der Waals surface area contributed by atoms with Crippen molar-refractivity contribution < 1.29 is 4.74 Å². The lowest BCUT2D eigenvalue weighted by Crippen LogP contribution is -2.59. The number of rotatable bonds is 3. The van der Waals surface area contributed by atoms with Crippen molar-refractivity contribution in [3.8, 4) is 5.75 Å². The average Bonchev–Trinajstić information content (AvgIpc) is 3.17. The zero-order chi connectivity index (χ0) is 16.9. The lowest BCUT2D eigenvalue weighted by Gasteiger charge is -2.56. The van der Waals surface area contributed by atoms with Crippen LogP contribution in [0.2, 0.25) is 0 Å². The smallest absolute Gasteiger partial charge is 0.120 e. The van der Waals surface area contributed by atoms with Gasteiger partial charge < -0.3 is 10.1 Å². The second kappa shape index (κ2) is 6.30. The van der Waals surface area contributed by atoms with Crippen molar-refractivity contribution in [1.29, 1.82) is 0 Å². The van der Waals surface area contributed by atoms with Crippen molar-refractivity contribution in [1.82, 2.24) is 5.32 Å². The van der Waals surface area contributed by atoms with Gasteiger partial charge in [0, 0.05) is 11.5 Å². The van der Waals surface area contributed by atoms with E-state index in [1.807, 2.05) is 0 Å². The fourth-order valence-corrected chi connectivity index (χ4v) is 6.71. The summed E-state index contributed by atoms with van der Waals surface area (Å²) in [5.74, 6) is 2.75. The lowest BCUT2D eigenvalue weighted by molar-refractivity contribution is 0.0789. The summed E-state index contributed by atoms with van der Waals surface area (Å²) in [5.41, 5.74) is 3.69. The molecule has 0 amide bonds. The minimum atomic E-state index is 0.365. The Labute approximate surface area is 152 Å². The van der Waals surface area contributed by atoms with Gasteiger partial charge in [-0.05, 0) is 87.1 Å². The summed E-state index contributed by atoms with van der Waals surface area (Å²) >= 11 is 0. The molecule has 2 heteroatoms. The van der Waals surface area contributed by atoms with Crippen LogP contribution < -0.4 is 10.1 Å². The van der Waals surface area contributed by atoms with Gasteiger partial charge in [0.1, 0.15) is 5.75 Å². The third kappa shape index (κ3) is 2.63. The monoisotopic (exact) mass is 339 g/mol. The van der Waals surface area contributed by atoms with Crippen LogP contribution >= 0.6 is 0 Å². The van der Waals surface area contributed by atoms with E-state index < -0.39 is 0 Å². The SMILES string of the molecule is CC(Oc1ccc2c(c1)[C@@]13CCCC[C@H]1[C@@H](C2)NCC3)C1CCCC1. The molecule has 4 atom stereocenters. The Hall–Kier alpha value is -1.02. The lowest BCUT2D eigenvalue weighted by atomic mass is 9.53. The highest BCUT2D eigenvalue weighted by molar-refractivity contribution is 5.45. The van der Waals surface area contributed by atoms with Gasteiger partial charge in [-0.15, -0.1) is 0 Å². The fourth-order valence-electron chi connectivity index (χ4n) is 6.71. The Morgan fingerprint density at radius 2 is 1.92 bits per heavy atom. The number of nitrogens with one attached hydrogen (secondary N) is 1. The van der Waals surface area contributed by atoms with Crippen molar-refractivity contribution in [2.24, 2.45) is 11.8 Å². The van der Waals surface area contributed by atoms with Crippen LogP contribution in [0, 0.1) is 11.8 Å². The van der Waals surface area contributed by atoms with Crippen LogP contribution in [-0.2, 0) is 11.8 Å². The summed E-state index contributed by atoms with van der Waals surface area (Å²) < 4.78 is 6.46. The van der Waals surface area contributed by atoms with E-state index in [-0.39, 0.29) is 0 Å². The first-order valence-corrected chi connectivity index (χ1v) is 10.8. The molecule has 1 saturated heterocycles. The largest absolute Gasteiger partial charge is 0.490 e. The van der Waals surface area contributed by atoms with E-state index >= 15 is 0 Å². The molecule has 0 radical (unpaired) electrons. The van der Waals surface area contributed by atoms with Crippen LogP contribution in [0.3, 0.4) is 0 Å². The highest BCUT2D eigenvalue weighted by Crippen LogP contribution is 2.54. The highest BCUT2D eigenvalue weighted by Gasteiger charge is 2.51. The summed E-state index contributed by atoms with van der Waals surface area (Å²) in [6, 6.07) is 7.81. The molecule has 2 nitrogen and oxygen atoms in total. The molecule has 1 aromatic rings. The van der Waals surface area contributed by atoms with Gasteiger partial charge >= 0.3 is 0 Å². The van der Waals surface area contributed by atoms with Crippen LogP contribution in [-0.4, -0.2) is 18.7 Å². The zero-order valence-electron chi connectivity index (χ0n) is 15.7. The number of piperidine rings is 1. The number of benzene rings is 1. The van der Waals surface area contributed by atoms with E-state index in [2.05, 4.69) is 30.4 Å². The van der Waals surface area contributed by atoms with Gasteiger partial charge in [0.25, 0.3) is 0 Å². The molecule has 1 unspecified atom stereocenters. The maximum Gasteiger partial charge on any atom is 0.120 e. The van der Waals surface area contributed by atoms with Crippen LogP contribution in [0.1, 0.15) is 75.8 Å². The topological polar surface area (TPSA) is 21.3 Å². The summed E-state index contributed by atoms with van der Waals surface area (Å²) in [6.45, 7) is 3.49. The van der Waals surface area contributed by atoms with Crippen molar-refractivity contribution in [3.05, 3.63) is 29.3 Å². The van der Waals surface area contributed by atoms with Crippen LogP contribution in [0.25, 0.3) is 0 Å². The molecule has 5 rings (SSSR count). The third-order valence-electron chi connectivity index (χ3n) is 8.00. The Morgan fingerprint density at radius 3 is 2.80 bits per heavy atom. The number of ether oxygens (including phenoxy) is 1. The molecule has 3 fully saturated rings. The average molecular weight is 340 g/mol. The van der Waals surface area contributed by atoms with Gasteiger partial charge in [-0.3, -0.25) is 0 Å². The van der Waals surface area contributed by atoms with Gasteiger partial charge in [0.05, 0.1) is 6.10 Å². The molecule has 2 saturated carbocycles.